The van der Waals surface area contributed by atoms with E-state index in [0.717, 1.165) is 12.1 Å². The highest BCUT2D eigenvalue weighted by molar-refractivity contribution is 9.10. The van der Waals surface area contributed by atoms with Crippen LogP contribution in [-0.4, -0.2) is 30.9 Å². The molecule has 2 rings (SSSR count). The normalized spacial score (nSPS) is 11.4. The monoisotopic (exact) mass is 445 g/mol. The lowest BCUT2D eigenvalue weighted by Crippen LogP contribution is -2.26. The lowest BCUT2D eigenvalue weighted by molar-refractivity contribution is -0.137. The van der Waals surface area contributed by atoms with Gasteiger partial charge >= 0.3 is 6.18 Å². The zero-order valence-corrected chi connectivity index (χ0v) is 15.6. The zero-order chi connectivity index (χ0) is 20.0. The number of anilines is 1. The third-order valence-corrected chi connectivity index (χ3v) is 3.94. The van der Waals surface area contributed by atoms with Crippen LogP contribution in [0.4, 0.5) is 18.9 Å². The number of amides is 1. The molecular formula is C17H15BrF3N3O3. The van der Waals surface area contributed by atoms with Crippen molar-refractivity contribution in [1.29, 1.82) is 0 Å². The molecule has 0 aromatic heterocycles. The fourth-order valence-electron chi connectivity index (χ4n) is 2.01. The third kappa shape index (κ3) is 5.88. The Morgan fingerprint density at radius 1 is 1.33 bits per heavy atom. The summed E-state index contributed by atoms with van der Waals surface area (Å²) in [4.78, 5) is 11.8. The lowest BCUT2D eigenvalue weighted by Gasteiger charge is -2.10. The first-order valence-corrected chi connectivity index (χ1v) is 8.29. The molecule has 0 aliphatic carbocycles. The molecule has 2 aromatic rings. The smallest absolute Gasteiger partial charge is 0.416 e. The molecule has 6 nitrogen and oxygen atoms in total. The number of benzene rings is 2. The number of nitrogens with zero attached hydrogens (tertiary/aromatic N) is 1. The van der Waals surface area contributed by atoms with Crippen molar-refractivity contribution in [1.82, 2.24) is 5.43 Å². The second-order valence-electron chi connectivity index (χ2n) is 5.27. The van der Waals surface area contributed by atoms with Gasteiger partial charge in [-0.05, 0) is 46.3 Å². The van der Waals surface area contributed by atoms with Gasteiger partial charge in [0.1, 0.15) is 11.5 Å². The minimum Gasteiger partial charge on any atom is -0.506 e. The summed E-state index contributed by atoms with van der Waals surface area (Å²) in [6.07, 6.45) is -3.25. The van der Waals surface area contributed by atoms with Crippen LogP contribution in [0, 0.1) is 0 Å². The van der Waals surface area contributed by atoms with Crippen molar-refractivity contribution < 1.29 is 27.8 Å². The van der Waals surface area contributed by atoms with Crippen LogP contribution in [0.3, 0.4) is 0 Å². The second-order valence-corrected chi connectivity index (χ2v) is 6.13. The standard InChI is InChI=1S/C17H15BrF3N3O3/c1-27-13-5-10(16(26)14(18)7-13)8-23-24-15(25)9-22-12-4-2-3-11(6-12)17(19,20)21/h2-8,22,26H,9H2,1H3,(H,24,25)/b23-8-. The zero-order valence-electron chi connectivity index (χ0n) is 14.0. The minimum atomic E-state index is -4.46. The third-order valence-electron chi connectivity index (χ3n) is 3.34. The molecule has 10 heteroatoms. The Balaban J connectivity index is 1.94. The number of aromatic hydroxyl groups is 1. The first-order valence-electron chi connectivity index (χ1n) is 7.50. The Morgan fingerprint density at radius 2 is 2.07 bits per heavy atom. The van der Waals surface area contributed by atoms with Gasteiger partial charge in [0.05, 0.1) is 29.9 Å². The summed E-state index contributed by atoms with van der Waals surface area (Å²) in [5, 5.41) is 16.2. The maximum absolute atomic E-state index is 12.7. The van der Waals surface area contributed by atoms with Crippen LogP contribution >= 0.6 is 15.9 Å². The van der Waals surface area contributed by atoms with E-state index in [1.54, 1.807) is 6.07 Å². The Morgan fingerprint density at radius 3 is 2.74 bits per heavy atom. The van der Waals surface area contributed by atoms with Crippen LogP contribution in [0.2, 0.25) is 0 Å². The van der Waals surface area contributed by atoms with Crippen LogP contribution in [-0.2, 0) is 11.0 Å². The van der Waals surface area contributed by atoms with Gasteiger partial charge in [-0.2, -0.15) is 18.3 Å². The quantitative estimate of drug-likeness (QED) is 0.467. The minimum absolute atomic E-state index is 0.0871. The predicted octanol–water partition coefficient (Wildman–Crippen LogP) is 3.74. The van der Waals surface area contributed by atoms with E-state index in [-0.39, 0.29) is 18.0 Å². The second kappa shape index (κ2) is 8.76. The summed E-state index contributed by atoms with van der Waals surface area (Å²) >= 11 is 3.16. The SMILES string of the molecule is COc1cc(Br)c(O)c(/C=N\NC(=O)CNc2cccc(C(F)(F)F)c2)c1. The number of hydrogen-bond acceptors (Lipinski definition) is 5. The maximum atomic E-state index is 12.7. The molecule has 3 N–H and O–H groups in total. The molecule has 0 radical (unpaired) electrons. The van der Waals surface area contributed by atoms with Crippen molar-refractivity contribution in [3.05, 3.63) is 52.0 Å². The molecule has 0 aliphatic rings. The molecule has 27 heavy (non-hydrogen) atoms. The van der Waals surface area contributed by atoms with Crippen LogP contribution in [0.25, 0.3) is 0 Å². The van der Waals surface area contributed by atoms with E-state index < -0.39 is 17.6 Å². The van der Waals surface area contributed by atoms with Crippen LogP contribution in [0.5, 0.6) is 11.5 Å². The summed E-state index contributed by atoms with van der Waals surface area (Å²) in [6.45, 7) is -0.285. The molecule has 0 heterocycles. The molecule has 0 spiro atoms. The number of ether oxygens (including phenoxy) is 1. The van der Waals surface area contributed by atoms with Gasteiger partial charge < -0.3 is 15.2 Å². The van der Waals surface area contributed by atoms with Crippen molar-refractivity contribution in [3.8, 4) is 11.5 Å². The van der Waals surface area contributed by atoms with Gasteiger partial charge in [0.15, 0.2) is 0 Å². The van der Waals surface area contributed by atoms with Crippen LogP contribution < -0.4 is 15.5 Å². The molecule has 0 fully saturated rings. The van der Waals surface area contributed by atoms with Crippen LogP contribution in [0.1, 0.15) is 11.1 Å². The summed E-state index contributed by atoms with van der Waals surface area (Å²) in [7, 11) is 1.46. The number of nitrogens with one attached hydrogen (secondary N) is 2. The first kappa shape index (κ1) is 20.6. The number of carbonyl (C=O) groups excluding carboxylic acids is 1. The molecule has 0 bridgehead atoms. The van der Waals surface area contributed by atoms with Gasteiger partial charge in [-0.1, -0.05) is 6.07 Å². The number of alkyl halides is 3. The fourth-order valence-corrected chi connectivity index (χ4v) is 2.47. The average Bonchev–Trinajstić information content (AvgIpc) is 2.62. The Kier molecular flexibility index (Phi) is 6.67. The molecule has 2 aromatic carbocycles. The number of phenols is 1. The van der Waals surface area contributed by atoms with Crippen molar-refractivity contribution in [3.63, 3.8) is 0 Å². The fraction of sp³-hybridized carbons (Fsp3) is 0.176. The van der Waals surface area contributed by atoms with Gasteiger partial charge in [0, 0.05) is 11.3 Å². The summed E-state index contributed by atoms with van der Waals surface area (Å²) in [5.41, 5.74) is 1.84. The molecule has 144 valence electrons. The highest BCUT2D eigenvalue weighted by atomic mass is 79.9. The van der Waals surface area contributed by atoms with E-state index >= 15 is 0 Å². The average molecular weight is 446 g/mol. The topological polar surface area (TPSA) is 83.0 Å². The molecular weight excluding hydrogens is 431 g/mol. The molecule has 0 unspecified atom stereocenters. The van der Waals surface area contributed by atoms with Crippen LogP contribution in [0.15, 0.2) is 46.0 Å². The van der Waals surface area contributed by atoms with E-state index in [1.807, 2.05) is 0 Å². The highest BCUT2D eigenvalue weighted by Gasteiger charge is 2.30. The van der Waals surface area contributed by atoms with Crippen molar-refractivity contribution in [2.75, 3.05) is 19.0 Å². The van der Waals surface area contributed by atoms with Gasteiger partial charge in [0.2, 0.25) is 0 Å². The molecule has 0 aliphatic heterocycles. The number of hydrazone groups is 1. The van der Waals surface area contributed by atoms with E-state index in [0.29, 0.717) is 15.8 Å². The van der Waals surface area contributed by atoms with Gasteiger partial charge in [0.25, 0.3) is 5.91 Å². The molecule has 1 amide bonds. The summed E-state index contributed by atoms with van der Waals surface area (Å²) in [6, 6.07) is 7.57. The number of phenolic OH excluding ortho intramolecular Hbond substituents is 1. The molecule has 0 saturated carbocycles. The van der Waals surface area contributed by atoms with Gasteiger partial charge in [-0.25, -0.2) is 5.43 Å². The predicted molar refractivity (Wildman–Crippen MR) is 98.0 cm³/mol. The number of methoxy groups -OCH3 is 1. The van der Waals surface area contributed by atoms with Crippen molar-refractivity contribution in [2.45, 2.75) is 6.18 Å². The number of halogens is 4. The van der Waals surface area contributed by atoms with E-state index in [4.69, 9.17) is 4.74 Å². The van der Waals surface area contributed by atoms with Crippen molar-refractivity contribution >= 4 is 33.7 Å². The number of carbonyl (C=O) groups is 1. The largest absolute Gasteiger partial charge is 0.506 e. The molecule has 0 atom stereocenters. The lowest BCUT2D eigenvalue weighted by atomic mass is 10.2. The Hall–Kier alpha value is -2.75. The molecule has 0 saturated heterocycles. The Bertz CT molecular complexity index is 857. The highest BCUT2D eigenvalue weighted by Crippen LogP contribution is 2.32. The number of rotatable bonds is 6. The van der Waals surface area contributed by atoms with Gasteiger partial charge in [-0.3, -0.25) is 4.79 Å². The summed E-state index contributed by atoms with van der Waals surface area (Å²) in [5.74, 6) is -0.195. The van der Waals surface area contributed by atoms with E-state index in [1.165, 1.54) is 31.5 Å². The van der Waals surface area contributed by atoms with E-state index in [2.05, 4.69) is 31.8 Å². The van der Waals surface area contributed by atoms with E-state index in [9.17, 15) is 23.1 Å². The number of hydrogen-bond donors (Lipinski definition) is 3. The summed E-state index contributed by atoms with van der Waals surface area (Å²) < 4.78 is 43.4. The van der Waals surface area contributed by atoms with Crippen molar-refractivity contribution in [2.24, 2.45) is 5.10 Å². The van der Waals surface area contributed by atoms with Gasteiger partial charge in [-0.15, -0.1) is 0 Å². The maximum Gasteiger partial charge on any atom is 0.416 e. The Labute approximate surface area is 161 Å². The first-order chi connectivity index (χ1) is 12.7.